The van der Waals surface area contributed by atoms with Gasteiger partial charge in [0, 0.05) is 38.3 Å². The van der Waals surface area contributed by atoms with Crippen LogP contribution in [0.3, 0.4) is 0 Å². The minimum absolute atomic E-state index is 0.573. The fourth-order valence-electron chi connectivity index (χ4n) is 2.40. The molecule has 5 nitrogen and oxygen atoms in total. The third kappa shape index (κ3) is 2.54. The molecule has 3 aromatic heterocycles. The molecule has 0 radical (unpaired) electrons. The van der Waals surface area contributed by atoms with E-state index in [1.807, 2.05) is 30.2 Å². The maximum Gasteiger partial charge on any atom is 0.111 e. The molecule has 0 aliphatic carbocycles. The summed E-state index contributed by atoms with van der Waals surface area (Å²) in [4.78, 5) is 8.74. The van der Waals surface area contributed by atoms with Crippen molar-refractivity contribution in [2.45, 2.75) is 19.4 Å². The lowest BCUT2D eigenvalue weighted by Crippen LogP contribution is -2.06. The summed E-state index contributed by atoms with van der Waals surface area (Å²) < 4.78 is 4.05. The monoisotopic (exact) mass is 289 g/mol. The molecule has 0 saturated heterocycles. The molecule has 0 saturated carbocycles. The van der Waals surface area contributed by atoms with Gasteiger partial charge in [-0.1, -0.05) is 0 Å². The standard InChI is InChI=1S/C14H16ClN5/c1-19-10-11(8-17-19)4-7-20-13-3-6-16-9-12(13)18-14(20)2-5-15/h3,6,8-10H,2,4-5,7H2,1H3. The van der Waals surface area contributed by atoms with Gasteiger partial charge in [-0.2, -0.15) is 5.10 Å². The van der Waals surface area contributed by atoms with E-state index in [9.17, 15) is 0 Å². The first-order chi connectivity index (χ1) is 9.78. The molecule has 20 heavy (non-hydrogen) atoms. The summed E-state index contributed by atoms with van der Waals surface area (Å²) in [6.07, 6.45) is 9.24. The number of halogens is 1. The zero-order valence-electron chi connectivity index (χ0n) is 11.3. The lowest BCUT2D eigenvalue weighted by molar-refractivity contribution is 0.674. The van der Waals surface area contributed by atoms with E-state index < -0.39 is 0 Å². The van der Waals surface area contributed by atoms with E-state index in [1.165, 1.54) is 5.56 Å². The first-order valence-corrected chi connectivity index (χ1v) is 7.14. The van der Waals surface area contributed by atoms with Crippen molar-refractivity contribution in [3.63, 3.8) is 0 Å². The molecule has 0 spiro atoms. The number of fused-ring (bicyclic) bond motifs is 1. The van der Waals surface area contributed by atoms with Gasteiger partial charge >= 0.3 is 0 Å². The Balaban J connectivity index is 1.90. The van der Waals surface area contributed by atoms with Crippen molar-refractivity contribution >= 4 is 22.6 Å². The van der Waals surface area contributed by atoms with Crippen molar-refractivity contribution in [3.05, 3.63) is 42.2 Å². The Morgan fingerprint density at radius 3 is 2.90 bits per heavy atom. The fraction of sp³-hybridized carbons (Fsp3) is 0.357. The highest BCUT2D eigenvalue weighted by atomic mass is 35.5. The summed E-state index contributed by atoms with van der Waals surface area (Å²) in [7, 11) is 1.93. The molecule has 3 heterocycles. The molecule has 0 bridgehead atoms. The molecule has 0 fully saturated rings. The smallest absolute Gasteiger partial charge is 0.111 e. The van der Waals surface area contributed by atoms with Crippen molar-refractivity contribution in [2.75, 3.05) is 5.88 Å². The first kappa shape index (κ1) is 13.1. The number of nitrogens with zero attached hydrogens (tertiary/aromatic N) is 5. The molecule has 0 unspecified atom stereocenters. The van der Waals surface area contributed by atoms with Gasteiger partial charge in [0.2, 0.25) is 0 Å². The molecular formula is C14H16ClN5. The van der Waals surface area contributed by atoms with Crippen molar-refractivity contribution in [1.82, 2.24) is 24.3 Å². The Morgan fingerprint density at radius 2 is 2.15 bits per heavy atom. The van der Waals surface area contributed by atoms with Gasteiger partial charge < -0.3 is 4.57 Å². The fourth-order valence-corrected chi connectivity index (χ4v) is 2.57. The Kier molecular flexibility index (Phi) is 3.69. The first-order valence-electron chi connectivity index (χ1n) is 6.60. The number of imidazole rings is 1. The molecule has 0 aliphatic heterocycles. The number of alkyl halides is 1. The quantitative estimate of drug-likeness (QED) is 0.677. The van der Waals surface area contributed by atoms with Crippen LogP contribution >= 0.6 is 11.6 Å². The van der Waals surface area contributed by atoms with E-state index in [0.29, 0.717) is 5.88 Å². The van der Waals surface area contributed by atoms with Crippen LogP contribution in [0, 0.1) is 0 Å². The van der Waals surface area contributed by atoms with Crippen LogP contribution < -0.4 is 0 Å². The maximum atomic E-state index is 5.87. The third-order valence-corrected chi connectivity index (χ3v) is 3.52. The van der Waals surface area contributed by atoms with Gasteiger partial charge in [0.15, 0.2) is 0 Å². The normalized spacial score (nSPS) is 11.3. The van der Waals surface area contributed by atoms with Crippen LogP contribution in [0.5, 0.6) is 0 Å². The summed E-state index contributed by atoms with van der Waals surface area (Å²) in [6.45, 7) is 0.873. The number of hydrogen-bond acceptors (Lipinski definition) is 3. The highest BCUT2D eigenvalue weighted by Gasteiger charge is 2.10. The number of rotatable bonds is 5. The Bertz CT molecular complexity index is 715. The van der Waals surface area contributed by atoms with Crippen molar-refractivity contribution in [3.8, 4) is 0 Å². The number of pyridine rings is 1. The molecule has 0 N–H and O–H groups in total. The molecule has 6 heteroatoms. The molecule has 0 aromatic carbocycles. The van der Waals surface area contributed by atoms with Crippen LogP contribution in [0.25, 0.3) is 11.0 Å². The second-order valence-corrected chi connectivity index (χ2v) is 5.13. The lowest BCUT2D eigenvalue weighted by atomic mass is 10.2. The Morgan fingerprint density at radius 1 is 1.25 bits per heavy atom. The topological polar surface area (TPSA) is 48.5 Å². The summed E-state index contributed by atoms with van der Waals surface area (Å²) in [5.41, 5.74) is 3.27. The van der Waals surface area contributed by atoms with E-state index >= 15 is 0 Å². The third-order valence-electron chi connectivity index (χ3n) is 3.33. The summed E-state index contributed by atoms with van der Waals surface area (Å²) in [6, 6.07) is 2.00. The van der Waals surface area contributed by atoms with Crippen LogP contribution in [0.1, 0.15) is 11.4 Å². The number of aryl methyl sites for hydroxylation is 4. The summed E-state index contributed by atoms with van der Waals surface area (Å²) in [5.74, 6) is 1.59. The second kappa shape index (κ2) is 5.63. The number of aromatic nitrogens is 5. The predicted molar refractivity (Wildman–Crippen MR) is 78.9 cm³/mol. The van der Waals surface area contributed by atoms with Crippen LogP contribution in [0.4, 0.5) is 0 Å². The molecule has 3 rings (SSSR count). The number of hydrogen-bond donors (Lipinski definition) is 0. The Labute approximate surface area is 122 Å². The molecule has 0 amide bonds. The van der Waals surface area contributed by atoms with Gasteiger partial charge in [0.05, 0.1) is 17.9 Å². The van der Waals surface area contributed by atoms with Gasteiger partial charge in [-0.3, -0.25) is 9.67 Å². The lowest BCUT2D eigenvalue weighted by Gasteiger charge is -2.07. The minimum atomic E-state index is 0.573. The zero-order chi connectivity index (χ0) is 13.9. The molecule has 0 aliphatic rings. The zero-order valence-corrected chi connectivity index (χ0v) is 12.1. The van der Waals surface area contributed by atoms with E-state index in [0.717, 1.165) is 36.2 Å². The van der Waals surface area contributed by atoms with Gasteiger partial charge in [0.25, 0.3) is 0 Å². The SMILES string of the molecule is Cn1cc(CCn2c(CCCl)nc3cnccc32)cn1. The highest BCUT2D eigenvalue weighted by molar-refractivity contribution is 6.17. The average Bonchev–Trinajstić information content (AvgIpc) is 3.00. The molecular weight excluding hydrogens is 274 g/mol. The van der Waals surface area contributed by atoms with E-state index in [-0.39, 0.29) is 0 Å². The van der Waals surface area contributed by atoms with Crippen molar-refractivity contribution < 1.29 is 0 Å². The van der Waals surface area contributed by atoms with E-state index in [2.05, 4.69) is 19.6 Å². The average molecular weight is 290 g/mol. The largest absolute Gasteiger partial charge is 0.328 e. The van der Waals surface area contributed by atoms with Crippen molar-refractivity contribution in [2.24, 2.45) is 7.05 Å². The molecule has 3 aromatic rings. The second-order valence-electron chi connectivity index (χ2n) is 4.76. The predicted octanol–water partition coefficient (Wildman–Crippen LogP) is 2.19. The summed E-state index contributed by atoms with van der Waals surface area (Å²) >= 11 is 5.87. The van der Waals surface area contributed by atoms with Gasteiger partial charge in [0.1, 0.15) is 11.3 Å². The molecule has 0 atom stereocenters. The van der Waals surface area contributed by atoms with Crippen molar-refractivity contribution in [1.29, 1.82) is 0 Å². The maximum absolute atomic E-state index is 5.87. The van der Waals surface area contributed by atoms with Crippen LogP contribution in [-0.2, 0) is 26.4 Å². The van der Waals surface area contributed by atoms with Crippen LogP contribution in [-0.4, -0.2) is 30.2 Å². The van der Waals surface area contributed by atoms with Crippen LogP contribution in [0.15, 0.2) is 30.9 Å². The van der Waals surface area contributed by atoms with Gasteiger partial charge in [-0.15, -0.1) is 11.6 Å². The van der Waals surface area contributed by atoms with Gasteiger partial charge in [-0.25, -0.2) is 4.98 Å². The van der Waals surface area contributed by atoms with E-state index in [4.69, 9.17) is 11.6 Å². The Hall–Kier alpha value is -1.88. The van der Waals surface area contributed by atoms with Gasteiger partial charge in [-0.05, 0) is 18.1 Å². The minimum Gasteiger partial charge on any atom is -0.328 e. The highest BCUT2D eigenvalue weighted by Crippen LogP contribution is 2.16. The summed E-state index contributed by atoms with van der Waals surface area (Å²) in [5, 5.41) is 4.20. The van der Waals surface area contributed by atoms with Crippen LogP contribution in [0.2, 0.25) is 0 Å². The van der Waals surface area contributed by atoms with E-state index in [1.54, 1.807) is 12.4 Å². The molecule has 104 valence electrons.